The number of ether oxygens (including phenoxy) is 6. The fraction of sp³-hybridized carbons (Fsp3) is 0.796. The van der Waals surface area contributed by atoms with Gasteiger partial charge in [-0.05, 0) is 154 Å². The molecule has 3 fully saturated rings. The number of aromatic nitrogens is 6. The van der Waals surface area contributed by atoms with Gasteiger partial charge < -0.3 is 68.9 Å². The standard InChI is InChI=1S/C54H89IN8O13/c1-32-27-52(7,69)48(34(3)45(74-43-28-53(8,71-12)47(67)37(6)73-43)35(4)49(68)76-51(55)54(9,70)46(66)36(5)61(11)29-32)75-50-44(65)42(26-33(2)72-50)60(10)24-22-40-30-62(58-56-40)23-14-13-16-38-18-20-41(21-19-38)63-31-39(57-59-63)17-15-25-64/h18-21,30-37,42-48,50-51,64-67,69-70H,13-17,22-29H2,1-12H3/t32-,33-,34+,35-,36-,37+,42+,43+,44-,45+,46-,47+,48-,50+,51+,52-,53-,54+/m1/s1. The molecule has 0 amide bonds. The first-order chi connectivity index (χ1) is 35.8. The molecule has 0 unspecified atom stereocenters. The quantitative estimate of drug-likeness (QED) is 0.0460. The van der Waals surface area contributed by atoms with Gasteiger partial charge in [-0.2, -0.15) is 0 Å². The molecule has 18 atom stereocenters. The first-order valence-corrected chi connectivity index (χ1v) is 28.4. The van der Waals surface area contributed by atoms with Crippen LogP contribution in [0, 0.1) is 17.8 Å². The van der Waals surface area contributed by atoms with Crippen molar-refractivity contribution in [2.24, 2.45) is 17.8 Å². The lowest BCUT2D eigenvalue weighted by atomic mass is 9.77. The smallest absolute Gasteiger partial charge is 0.312 e. The van der Waals surface area contributed by atoms with Gasteiger partial charge in [-0.15, -0.1) is 10.2 Å². The van der Waals surface area contributed by atoms with Crippen molar-refractivity contribution in [2.45, 2.75) is 215 Å². The van der Waals surface area contributed by atoms with Gasteiger partial charge in [-0.25, -0.2) is 4.68 Å². The lowest BCUT2D eigenvalue weighted by Crippen LogP contribution is -2.60. The molecular formula is C54H89IN8O13. The van der Waals surface area contributed by atoms with Gasteiger partial charge in [0.1, 0.15) is 23.9 Å². The van der Waals surface area contributed by atoms with Gasteiger partial charge in [0, 0.05) is 70.4 Å². The highest BCUT2D eigenvalue weighted by Crippen LogP contribution is 2.40. The molecule has 21 nitrogen and oxygen atoms in total. The third-order valence-electron chi connectivity index (χ3n) is 16.3. The summed E-state index contributed by atoms with van der Waals surface area (Å²) in [5, 5.41) is 85.8. The molecule has 0 spiro atoms. The second kappa shape index (κ2) is 27.1. The summed E-state index contributed by atoms with van der Waals surface area (Å²) in [6.07, 6.45) is 0.487. The fourth-order valence-electron chi connectivity index (χ4n) is 11.3. The van der Waals surface area contributed by atoms with E-state index in [4.69, 9.17) is 33.5 Å². The Balaban J connectivity index is 1.15. The van der Waals surface area contributed by atoms with E-state index < -0.39 is 100 Å². The van der Waals surface area contributed by atoms with E-state index in [1.165, 1.54) is 19.6 Å². The zero-order chi connectivity index (χ0) is 55.9. The Morgan fingerprint density at radius 1 is 0.868 bits per heavy atom. The van der Waals surface area contributed by atoms with Gasteiger partial charge >= 0.3 is 5.97 Å². The van der Waals surface area contributed by atoms with Crippen molar-refractivity contribution < 1.29 is 63.9 Å². The number of unbranched alkanes of at least 4 members (excludes halogenated alkanes) is 1. The third kappa shape index (κ3) is 15.5. The summed E-state index contributed by atoms with van der Waals surface area (Å²) in [7, 11) is 5.29. The highest BCUT2D eigenvalue weighted by molar-refractivity contribution is 14.1. The number of alkyl halides is 1. The zero-order valence-corrected chi connectivity index (χ0v) is 49.0. The lowest BCUT2D eigenvalue weighted by Gasteiger charge is -2.49. The number of aryl methyl sites for hydroxylation is 3. The van der Waals surface area contributed by atoms with Crippen LogP contribution in [0.5, 0.6) is 0 Å². The number of methoxy groups -OCH3 is 1. The molecule has 3 saturated heterocycles. The summed E-state index contributed by atoms with van der Waals surface area (Å²) in [4.78, 5) is 18.3. The second-order valence-electron chi connectivity index (χ2n) is 22.9. The van der Waals surface area contributed by atoms with Crippen LogP contribution in [0.4, 0.5) is 0 Å². The van der Waals surface area contributed by atoms with E-state index in [1.54, 1.807) is 39.3 Å². The van der Waals surface area contributed by atoms with Crippen LogP contribution in [0.1, 0.15) is 118 Å². The van der Waals surface area contributed by atoms with Crippen LogP contribution in [0.15, 0.2) is 36.7 Å². The SMILES string of the molecule is CO[C@]1(C)C[C@H](O[C@H]2[C@H](C)[C@@H](O[C@@H]3O[C@H](C)C[C@H](N(C)CCc4cn(CCCCc5ccc(-n6cc(CCCO)nn6)cc5)nn4)[C@H]3O)[C@](C)(O)C[C@@H](C)CN(C)[C@H](C)[C@@H](O)[C@](C)(O)[C@@H](I)OC(=O)[C@@H]2C)O[C@@H](C)[C@@H]1O. The van der Waals surface area contributed by atoms with E-state index in [-0.39, 0.29) is 31.5 Å². The Hall–Kier alpha value is -2.82. The third-order valence-corrected chi connectivity index (χ3v) is 17.8. The summed E-state index contributed by atoms with van der Waals surface area (Å²) >= 11 is 1.83. The van der Waals surface area contributed by atoms with Crippen LogP contribution >= 0.6 is 22.6 Å². The van der Waals surface area contributed by atoms with Gasteiger partial charge in [0.2, 0.25) is 0 Å². The topological polar surface area (TPSA) is 262 Å². The number of carbonyl (C=O) groups excluding carboxylic acids is 1. The predicted molar refractivity (Wildman–Crippen MR) is 290 cm³/mol. The number of benzene rings is 1. The van der Waals surface area contributed by atoms with Crippen molar-refractivity contribution in [1.82, 2.24) is 39.8 Å². The molecule has 6 rings (SSSR count). The highest BCUT2D eigenvalue weighted by atomic mass is 127. The molecular weight excluding hydrogens is 1100 g/mol. The molecule has 0 saturated carbocycles. The largest absolute Gasteiger partial charge is 0.448 e. The lowest BCUT2D eigenvalue weighted by molar-refractivity contribution is -0.318. The molecule has 76 heavy (non-hydrogen) atoms. The molecule has 3 aliphatic heterocycles. The number of rotatable bonds is 18. The van der Waals surface area contributed by atoms with E-state index in [0.29, 0.717) is 38.8 Å². The van der Waals surface area contributed by atoms with Crippen molar-refractivity contribution in [3.63, 3.8) is 0 Å². The number of cyclic esters (lactones) is 1. The highest BCUT2D eigenvalue weighted by Gasteiger charge is 2.53. The minimum absolute atomic E-state index is 0.101. The molecule has 6 N–H and O–H groups in total. The maximum Gasteiger partial charge on any atom is 0.312 e. The Kier molecular flexibility index (Phi) is 22.2. The average Bonchev–Trinajstić information content (AvgIpc) is 4.06. The van der Waals surface area contributed by atoms with Gasteiger partial charge in [-0.1, -0.05) is 36.4 Å². The maximum atomic E-state index is 14.4. The van der Waals surface area contributed by atoms with Crippen LogP contribution in [0.3, 0.4) is 0 Å². The molecule has 0 radical (unpaired) electrons. The first kappa shape index (κ1) is 62.4. The predicted octanol–water partition coefficient (Wildman–Crippen LogP) is 3.62. The summed E-state index contributed by atoms with van der Waals surface area (Å²) < 4.78 is 40.6. The number of aliphatic hydroxyl groups excluding tert-OH is 4. The van der Waals surface area contributed by atoms with E-state index >= 15 is 0 Å². The summed E-state index contributed by atoms with van der Waals surface area (Å²) in [5.74, 6) is -2.80. The Morgan fingerprint density at radius 2 is 1.55 bits per heavy atom. The minimum atomic E-state index is -1.86. The second-order valence-corrected chi connectivity index (χ2v) is 24.1. The van der Waals surface area contributed by atoms with Crippen molar-refractivity contribution in [3.05, 3.63) is 53.6 Å². The molecule has 0 bridgehead atoms. The molecule has 430 valence electrons. The van der Waals surface area contributed by atoms with Crippen LogP contribution in [-0.2, 0) is 59.0 Å². The summed E-state index contributed by atoms with van der Waals surface area (Å²) in [5.41, 5.74) is -0.699. The normalized spacial score (nSPS) is 37.7. The number of aliphatic hydroxyl groups is 6. The van der Waals surface area contributed by atoms with Gasteiger partial charge in [0.15, 0.2) is 16.7 Å². The number of halogens is 1. The van der Waals surface area contributed by atoms with Gasteiger partial charge in [-0.3, -0.25) is 9.48 Å². The molecule has 5 heterocycles. The number of nitrogens with zero attached hydrogens (tertiary/aromatic N) is 8. The van der Waals surface area contributed by atoms with Crippen LogP contribution in [-0.4, -0.2) is 206 Å². The average molecular weight is 1190 g/mol. The van der Waals surface area contributed by atoms with Crippen molar-refractivity contribution in [3.8, 4) is 5.69 Å². The number of likely N-dealkylation sites (N-methyl/N-ethyl adjacent to an activating group) is 2. The van der Waals surface area contributed by atoms with Crippen molar-refractivity contribution in [1.29, 1.82) is 0 Å². The molecule has 1 aromatic carbocycles. The maximum absolute atomic E-state index is 14.4. The van der Waals surface area contributed by atoms with E-state index in [1.807, 2.05) is 91.6 Å². The van der Waals surface area contributed by atoms with E-state index in [0.717, 1.165) is 42.9 Å². The Morgan fingerprint density at radius 3 is 2.24 bits per heavy atom. The number of hydrogen-bond acceptors (Lipinski definition) is 19. The summed E-state index contributed by atoms with van der Waals surface area (Å²) in [6.45, 7) is 17.6. The molecule has 3 aromatic rings. The molecule has 22 heteroatoms. The summed E-state index contributed by atoms with van der Waals surface area (Å²) in [6, 6.07) is 7.32. The van der Waals surface area contributed by atoms with Gasteiger partial charge in [0.05, 0.1) is 64.8 Å². The van der Waals surface area contributed by atoms with Gasteiger partial charge in [0.25, 0.3) is 0 Å². The van der Waals surface area contributed by atoms with E-state index in [2.05, 4.69) is 37.7 Å². The molecule has 0 aliphatic carbocycles. The van der Waals surface area contributed by atoms with Crippen LogP contribution in [0.2, 0.25) is 0 Å². The van der Waals surface area contributed by atoms with Crippen LogP contribution in [0.25, 0.3) is 5.69 Å². The van der Waals surface area contributed by atoms with Crippen LogP contribution < -0.4 is 0 Å². The monoisotopic (exact) mass is 1180 g/mol. The number of esters is 1. The number of carbonyl (C=O) groups is 1. The van der Waals surface area contributed by atoms with E-state index in [9.17, 15) is 30.3 Å². The number of hydrogen-bond donors (Lipinski definition) is 6. The van der Waals surface area contributed by atoms with Crippen molar-refractivity contribution in [2.75, 3.05) is 40.9 Å². The minimum Gasteiger partial charge on any atom is -0.448 e. The van der Waals surface area contributed by atoms with Crippen molar-refractivity contribution >= 4 is 28.6 Å². The Labute approximate surface area is 463 Å². The Bertz CT molecular complexity index is 2260. The molecule has 3 aliphatic rings. The fourth-order valence-corrected chi connectivity index (χ4v) is 11.9. The zero-order valence-electron chi connectivity index (χ0n) is 46.8. The molecule has 2 aromatic heterocycles. The first-order valence-electron chi connectivity index (χ1n) is 27.2.